The summed E-state index contributed by atoms with van der Waals surface area (Å²) in [5, 5.41) is 8.13. The Hall–Kier alpha value is -2.37. The summed E-state index contributed by atoms with van der Waals surface area (Å²) in [6, 6.07) is 12.2. The van der Waals surface area contributed by atoms with Gasteiger partial charge in [-0.1, -0.05) is 24.3 Å². The molecule has 1 aromatic heterocycles. The second kappa shape index (κ2) is 4.08. The Labute approximate surface area is 106 Å². The molecule has 2 aromatic carbocycles. The van der Waals surface area contributed by atoms with Crippen LogP contribution in [0.5, 0.6) is 0 Å². The topological polar surface area (TPSA) is 30.7 Å². The molecule has 3 aromatic rings. The summed E-state index contributed by atoms with van der Waals surface area (Å²) in [5.74, 6) is 0. The van der Waals surface area contributed by atoms with E-state index >= 15 is 0 Å². The van der Waals surface area contributed by atoms with Crippen molar-refractivity contribution in [3.05, 3.63) is 54.1 Å². The molecule has 0 aliphatic carbocycles. The number of aromatic nitrogens is 3. The van der Waals surface area contributed by atoms with Crippen molar-refractivity contribution in [2.45, 2.75) is 6.18 Å². The van der Waals surface area contributed by atoms with Crippen LogP contribution in [0.3, 0.4) is 0 Å². The van der Waals surface area contributed by atoms with Gasteiger partial charge in [-0.3, -0.25) is 0 Å². The molecule has 0 fully saturated rings. The lowest BCUT2D eigenvalue weighted by Gasteiger charge is -2.10. The van der Waals surface area contributed by atoms with Gasteiger partial charge in [0, 0.05) is 0 Å². The van der Waals surface area contributed by atoms with Crippen molar-refractivity contribution in [1.29, 1.82) is 0 Å². The highest BCUT2D eigenvalue weighted by molar-refractivity contribution is 5.73. The third-order valence-electron chi connectivity index (χ3n) is 2.71. The zero-order chi connectivity index (χ0) is 13.5. The second-order valence-electron chi connectivity index (χ2n) is 3.99. The number of hydrogen-bond donors (Lipinski definition) is 0. The summed E-state index contributed by atoms with van der Waals surface area (Å²) < 4.78 is 38.8. The van der Waals surface area contributed by atoms with E-state index in [-0.39, 0.29) is 5.69 Å². The molecule has 0 saturated carbocycles. The van der Waals surface area contributed by atoms with Crippen LogP contribution in [0.1, 0.15) is 5.56 Å². The Morgan fingerprint density at radius 1 is 0.789 bits per heavy atom. The predicted octanol–water partition coefficient (Wildman–Crippen LogP) is 3.44. The van der Waals surface area contributed by atoms with Crippen LogP contribution in [-0.4, -0.2) is 15.0 Å². The standard InChI is InChI=1S/C13H8F3N3/c14-13(15,16)9-5-1-4-8-12(9)19-17-10-6-2-3-7-11(10)18-19/h1-8H. The highest BCUT2D eigenvalue weighted by Gasteiger charge is 2.34. The molecule has 96 valence electrons. The van der Waals surface area contributed by atoms with Crippen molar-refractivity contribution in [2.24, 2.45) is 0 Å². The van der Waals surface area contributed by atoms with Crippen molar-refractivity contribution in [2.75, 3.05) is 0 Å². The van der Waals surface area contributed by atoms with Crippen LogP contribution in [0.15, 0.2) is 48.5 Å². The average molecular weight is 263 g/mol. The largest absolute Gasteiger partial charge is 0.418 e. The maximum absolute atomic E-state index is 12.9. The molecule has 0 spiro atoms. The van der Waals surface area contributed by atoms with Gasteiger partial charge in [0.1, 0.15) is 11.0 Å². The molecule has 19 heavy (non-hydrogen) atoms. The zero-order valence-electron chi connectivity index (χ0n) is 9.59. The third kappa shape index (κ3) is 2.05. The summed E-state index contributed by atoms with van der Waals surface area (Å²) in [7, 11) is 0. The van der Waals surface area contributed by atoms with Gasteiger partial charge in [-0.25, -0.2) is 0 Å². The third-order valence-corrected chi connectivity index (χ3v) is 2.71. The van der Waals surface area contributed by atoms with Gasteiger partial charge in [0.25, 0.3) is 0 Å². The van der Waals surface area contributed by atoms with Crippen molar-refractivity contribution in [1.82, 2.24) is 15.0 Å². The normalized spacial score (nSPS) is 11.9. The number of para-hydroxylation sites is 1. The number of nitrogens with zero attached hydrogens (tertiary/aromatic N) is 3. The van der Waals surface area contributed by atoms with Crippen LogP contribution in [0, 0.1) is 0 Å². The number of rotatable bonds is 1. The van der Waals surface area contributed by atoms with E-state index < -0.39 is 11.7 Å². The van der Waals surface area contributed by atoms with Gasteiger partial charge in [-0.05, 0) is 24.3 Å². The Bertz CT molecular complexity index is 698. The lowest BCUT2D eigenvalue weighted by atomic mass is 10.2. The monoisotopic (exact) mass is 263 g/mol. The van der Waals surface area contributed by atoms with Crippen LogP contribution in [0.2, 0.25) is 0 Å². The predicted molar refractivity (Wildman–Crippen MR) is 63.9 cm³/mol. The van der Waals surface area contributed by atoms with E-state index in [4.69, 9.17) is 0 Å². The van der Waals surface area contributed by atoms with E-state index in [9.17, 15) is 13.2 Å². The zero-order valence-corrected chi connectivity index (χ0v) is 9.59. The molecular formula is C13H8F3N3. The van der Waals surface area contributed by atoms with Crippen molar-refractivity contribution in [3.63, 3.8) is 0 Å². The summed E-state index contributed by atoms with van der Waals surface area (Å²) in [4.78, 5) is 1.02. The lowest BCUT2D eigenvalue weighted by Crippen LogP contribution is -2.12. The quantitative estimate of drug-likeness (QED) is 0.673. The highest BCUT2D eigenvalue weighted by atomic mass is 19.4. The van der Waals surface area contributed by atoms with Gasteiger partial charge < -0.3 is 0 Å². The summed E-state index contributed by atoms with van der Waals surface area (Å²) >= 11 is 0. The Morgan fingerprint density at radius 2 is 1.32 bits per heavy atom. The molecule has 0 saturated heterocycles. The lowest BCUT2D eigenvalue weighted by molar-refractivity contribution is -0.137. The molecule has 0 atom stereocenters. The van der Waals surface area contributed by atoms with Crippen molar-refractivity contribution < 1.29 is 13.2 Å². The van der Waals surface area contributed by atoms with Gasteiger partial charge in [-0.15, -0.1) is 15.0 Å². The number of halogens is 3. The Kier molecular flexibility index (Phi) is 2.51. The molecule has 0 aliphatic heterocycles. The van der Waals surface area contributed by atoms with E-state index in [1.54, 1.807) is 24.3 Å². The van der Waals surface area contributed by atoms with Gasteiger partial charge in [0.2, 0.25) is 0 Å². The Morgan fingerprint density at radius 3 is 1.89 bits per heavy atom. The summed E-state index contributed by atoms with van der Waals surface area (Å²) in [5.41, 5.74) is 0.278. The molecule has 0 aliphatic rings. The van der Waals surface area contributed by atoms with Crippen LogP contribution >= 0.6 is 0 Å². The molecule has 0 N–H and O–H groups in total. The fraction of sp³-hybridized carbons (Fsp3) is 0.0769. The van der Waals surface area contributed by atoms with E-state index in [2.05, 4.69) is 10.2 Å². The van der Waals surface area contributed by atoms with E-state index in [0.29, 0.717) is 11.0 Å². The minimum atomic E-state index is -4.43. The van der Waals surface area contributed by atoms with E-state index in [1.807, 2.05) is 0 Å². The Balaban J connectivity index is 2.22. The fourth-order valence-electron chi connectivity index (χ4n) is 1.86. The number of alkyl halides is 3. The molecule has 3 nitrogen and oxygen atoms in total. The van der Waals surface area contributed by atoms with Crippen molar-refractivity contribution >= 4 is 11.0 Å². The van der Waals surface area contributed by atoms with Crippen LogP contribution in [0.4, 0.5) is 13.2 Å². The van der Waals surface area contributed by atoms with Crippen molar-refractivity contribution in [3.8, 4) is 5.69 Å². The van der Waals surface area contributed by atoms with E-state index in [0.717, 1.165) is 10.9 Å². The van der Waals surface area contributed by atoms with Gasteiger partial charge >= 0.3 is 6.18 Å². The SMILES string of the molecule is FC(F)(F)c1ccccc1-n1nc2ccccc2n1. The smallest absolute Gasteiger partial charge is 0.166 e. The molecule has 0 bridgehead atoms. The first-order chi connectivity index (χ1) is 9.05. The highest BCUT2D eigenvalue weighted by Crippen LogP contribution is 2.33. The summed E-state index contributed by atoms with van der Waals surface area (Å²) in [6.07, 6.45) is -4.43. The maximum Gasteiger partial charge on any atom is 0.418 e. The van der Waals surface area contributed by atoms with Gasteiger partial charge in [0.05, 0.1) is 11.3 Å². The number of fused-ring (bicyclic) bond motifs is 1. The minimum Gasteiger partial charge on any atom is -0.166 e. The first-order valence-electron chi connectivity index (χ1n) is 5.54. The molecule has 0 radical (unpaired) electrons. The number of benzene rings is 2. The molecule has 3 rings (SSSR count). The molecule has 6 heteroatoms. The van der Waals surface area contributed by atoms with Gasteiger partial charge in [0.15, 0.2) is 0 Å². The van der Waals surface area contributed by atoms with Gasteiger partial charge in [-0.2, -0.15) is 13.2 Å². The fourth-order valence-corrected chi connectivity index (χ4v) is 1.86. The minimum absolute atomic E-state index is 0.0776. The molecular weight excluding hydrogens is 255 g/mol. The van der Waals surface area contributed by atoms with E-state index in [1.165, 1.54) is 18.2 Å². The van der Waals surface area contributed by atoms with Crippen LogP contribution in [-0.2, 0) is 6.18 Å². The first kappa shape index (κ1) is 11.7. The molecule has 0 amide bonds. The van der Waals surface area contributed by atoms with Crippen LogP contribution in [0.25, 0.3) is 16.7 Å². The second-order valence-corrected chi connectivity index (χ2v) is 3.99. The summed E-state index contributed by atoms with van der Waals surface area (Å²) in [6.45, 7) is 0. The molecule has 0 unspecified atom stereocenters. The molecule has 1 heterocycles. The maximum atomic E-state index is 12.9. The average Bonchev–Trinajstić information content (AvgIpc) is 2.81. The first-order valence-corrected chi connectivity index (χ1v) is 5.54. The van der Waals surface area contributed by atoms with Crippen LogP contribution < -0.4 is 0 Å². The number of hydrogen-bond acceptors (Lipinski definition) is 2.